The first-order valence-corrected chi connectivity index (χ1v) is 5.85. The van der Waals surface area contributed by atoms with E-state index in [2.05, 4.69) is 15.3 Å². The topological polar surface area (TPSA) is 42.2 Å². The fourth-order valence-electron chi connectivity index (χ4n) is 1.60. The largest absolute Gasteiger partial charge is 0.366 e. The number of pyridine rings is 1. The van der Waals surface area contributed by atoms with Gasteiger partial charge in [-0.1, -0.05) is 6.07 Å². The summed E-state index contributed by atoms with van der Waals surface area (Å²) in [7, 11) is 0. The molecule has 5 heteroatoms. The molecule has 0 amide bonds. The summed E-state index contributed by atoms with van der Waals surface area (Å²) in [6.07, 6.45) is 5.63. The van der Waals surface area contributed by atoms with Crippen molar-refractivity contribution in [3.8, 4) is 0 Å². The van der Waals surface area contributed by atoms with Gasteiger partial charge in [0.1, 0.15) is 11.5 Å². The minimum atomic E-state index is 0.794. The average molecular weight is 230 g/mol. The molecule has 3 aromatic rings. The molecule has 0 bridgehead atoms. The monoisotopic (exact) mass is 230 g/mol. The Kier molecular flexibility index (Phi) is 2.30. The van der Waals surface area contributed by atoms with Crippen LogP contribution in [0.25, 0.3) is 5.65 Å². The number of thiazole rings is 1. The number of anilines is 1. The first-order chi connectivity index (χ1) is 7.93. The number of nitrogens with one attached hydrogen (secondary N) is 1. The molecule has 0 spiro atoms. The maximum Gasteiger partial charge on any atom is 0.138 e. The Bertz CT molecular complexity index is 585. The third-order valence-electron chi connectivity index (χ3n) is 2.36. The lowest BCUT2D eigenvalue weighted by molar-refractivity contribution is 1.09. The van der Waals surface area contributed by atoms with Crippen LogP contribution in [0.2, 0.25) is 0 Å². The van der Waals surface area contributed by atoms with Crippen molar-refractivity contribution in [3.63, 3.8) is 0 Å². The average Bonchev–Trinajstić information content (AvgIpc) is 2.97. The van der Waals surface area contributed by atoms with Gasteiger partial charge in [0.2, 0.25) is 0 Å². The van der Waals surface area contributed by atoms with Crippen LogP contribution >= 0.6 is 11.3 Å². The number of imidazole rings is 1. The summed E-state index contributed by atoms with van der Waals surface area (Å²) in [5, 5.41) is 3.37. The summed E-state index contributed by atoms with van der Waals surface area (Å²) < 4.78 is 2.03. The van der Waals surface area contributed by atoms with E-state index in [9.17, 15) is 0 Å². The first kappa shape index (κ1) is 9.35. The van der Waals surface area contributed by atoms with Crippen molar-refractivity contribution in [2.24, 2.45) is 0 Å². The van der Waals surface area contributed by atoms with Crippen molar-refractivity contribution in [1.82, 2.24) is 14.4 Å². The number of hydrogen-bond acceptors (Lipinski definition) is 4. The smallest absolute Gasteiger partial charge is 0.138 e. The zero-order valence-corrected chi connectivity index (χ0v) is 9.31. The Morgan fingerprint density at radius 2 is 2.38 bits per heavy atom. The predicted octanol–water partition coefficient (Wildman–Crippen LogP) is 2.40. The number of nitrogens with zero attached hydrogens (tertiary/aromatic N) is 3. The van der Waals surface area contributed by atoms with E-state index < -0.39 is 0 Å². The molecule has 3 aromatic heterocycles. The molecule has 80 valence electrons. The molecular formula is C11H10N4S. The third-order valence-corrected chi connectivity index (χ3v) is 3.14. The van der Waals surface area contributed by atoms with Crippen LogP contribution in [0.3, 0.4) is 0 Å². The Morgan fingerprint density at radius 3 is 3.25 bits per heavy atom. The van der Waals surface area contributed by atoms with Gasteiger partial charge in [-0.25, -0.2) is 4.98 Å². The van der Waals surface area contributed by atoms with Gasteiger partial charge in [0.05, 0.1) is 12.1 Å². The van der Waals surface area contributed by atoms with E-state index in [0.717, 1.165) is 18.0 Å². The van der Waals surface area contributed by atoms with Crippen LogP contribution < -0.4 is 5.32 Å². The van der Waals surface area contributed by atoms with Crippen molar-refractivity contribution in [2.75, 3.05) is 5.32 Å². The SMILES string of the molecule is c1cc(NCc2cncs2)n2ccnc2c1. The number of aromatic nitrogens is 3. The van der Waals surface area contributed by atoms with Gasteiger partial charge >= 0.3 is 0 Å². The summed E-state index contributed by atoms with van der Waals surface area (Å²) in [6.45, 7) is 0.794. The molecule has 0 unspecified atom stereocenters. The van der Waals surface area contributed by atoms with Crippen LogP contribution in [0.5, 0.6) is 0 Å². The van der Waals surface area contributed by atoms with Gasteiger partial charge in [-0.15, -0.1) is 11.3 Å². The minimum absolute atomic E-state index is 0.794. The molecule has 0 atom stereocenters. The maximum absolute atomic E-state index is 4.24. The Morgan fingerprint density at radius 1 is 1.38 bits per heavy atom. The van der Waals surface area contributed by atoms with Gasteiger partial charge < -0.3 is 5.32 Å². The molecule has 0 radical (unpaired) electrons. The van der Waals surface area contributed by atoms with Gasteiger partial charge in [-0.05, 0) is 12.1 Å². The molecule has 0 aromatic carbocycles. The Labute approximate surface area is 96.6 Å². The lowest BCUT2D eigenvalue weighted by Crippen LogP contribution is -2.02. The van der Waals surface area contributed by atoms with Crippen LogP contribution in [0, 0.1) is 0 Å². The molecule has 0 saturated heterocycles. The van der Waals surface area contributed by atoms with E-state index in [0.29, 0.717) is 0 Å². The highest BCUT2D eigenvalue weighted by atomic mass is 32.1. The molecule has 0 aliphatic heterocycles. The zero-order valence-electron chi connectivity index (χ0n) is 8.50. The standard InChI is InChI=1S/C11H10N4S/c1-2-10-13-4-5-15(10)11(3-1)14-7-9-6-12-8-16-9/h1-6,8,14H,7H2. The van der Waals surface area contributed by atoms with Gasteiger partial charge in [0, 0.05) is 23.5 Å². The fourth-order valence-corrected chi connectivity index (χ4v) is 2.13. The van der Waals surface area contributed by atoms with Crippen LogP contribution in [-0.2, 0) is 6.54 Å². The van der Waals surface area contributed by atoms with Gasteiger partial charge in [-0.2, -0.15) is 0 Å². The van der Waals surface area contributed by atoms with E-state index in [1.54, 1.807) is 17.5 Å². The van der Waals surface area contributed by atoms with Gasteiger partial charge in [0.25, 0.3) is 0 Å². The number of hydrogen-bond donors (Lipinski definition) is 1. The molecule has 16 heavy (non-hydrogen) atoms. The molecule has 0 saturated carbocycles. The number of fused-ring (bicyclic) bond motifs is 1. The van der Waals surface area contributed by atoms with Gasteiger partial charge in [0.15, 0.2) is 0 Å². The third kappa shape index (κ3) is 1.65. The van der Waals surface area contributed by atoms with Crippen molar-refractivity contribution >= 4 is 22.8 Å². The van der Waals surface area contributed by atoms with Crippen molar-refractivity contribution < 1.29 is 0 Å². The summed E-state index contributed by atoms with van der Waals surface area (Å²) >= 11 is 1.65. The maximum atomic E-state index is 4.24. The molecule has 0 aliphatic carbocycles. The minimum Gasteiger partial charge on any atom is -0.366 e. The second-order valence-electron chi connectivity index (χ2n) is 3.39. The van der Waals surface area contributed by atoms with Gasteiger partial charge in [-0.3, -0.25) is 9.38 Å². The molecular weight excluding hydrogens is 220 g/mol. The van der Waals surface area contributed by atoms with Crippen LogP contribution in [0.1, 0.15) is 4.88 Å². The summed E-state index contributed by atoms with van der Waals surface area (Å²) in [5.74, 6) is 1.04. The van der Waals surface area contributed by atoms with Crippen molar-refractivity contribution in [2.45, 2.75) is 6.54 Å². The molecule has 0 fully saturated rings. The highest BCUT2D eigenvalue weighted by Crippen LogP contribution is 2.13. The second kappa shape index (κ2) is 3.94. The van der Waals surface area contributed by atoms with E-state index in [1.807, 2.05) is 40.5 Å². The summed E-state index contributed by atoms with van der Waals surface area (Å²) in [6, 6.07) is 6.02. The lowest BCUT2D eigenvalue weighted by atomic mass is 10.4. The molecule has 4 nitrogen and oxygen atoms in total. The molecule has 1 N–H and O–H groups in total. The second-order valence-corrected chi connectivity index (χ2v) is 4.36. The van der Waals surface area contributed by atoms with E-state index in [-0.39, 0.29) is 0 Å². The Hall–Kier alpha value is -1.88. The first-order valence-electron chi connectivity index (χ1n) is 4.97. The molecule has 3 heterocycles. The predicted molar refractivity (Wildman–Crippen MR) is 64.6 cm³/mol. The van der Waals surface area contributed by atoms with Crippen molar-refractivity contribution in [1.29, 1.82) is 0 Å². The highest BCUT2D eigenvalue weighted by molar-refractivity contribution is 7.09. The van der Waals surface area contributed by atoms with E-state index >= 15 is 0 Å². The number of rotatable bonds is 3. The van der Waals surface area contributed by atoms with E-state index in [4.69, 9.17) is 0 Å². The molecule has 0 aliphatic rings. The zero-order chi connectivity index (χ0) is 10.8. The summed E-state index contributed by atoms with van der Waals surface area (Å²) in [5.41, 5.74) is 2.80. The van der Waals surface area contributed by atoms with E-state index in [1.165, 1.54) is 4.88 Å². The summed E-state index contributed by atoms with van der Waals surface area (Å²) in [4.78, 5) is 9.50. The quantitative estimate of drug-likeness (QED) is 0.751. The highest BCUT2D eigenvalue weighted by Gasteiger charge is 2.00. The van der Waals surface area contributed by atoms with Crippen LogP contribution in [0.15, 0.2) is 42.3 Å². The fraction of sp³-hybridized carbons (Fsp3) is 0.0909. The van der Waals surface area contributed by atoms with Crippen LogP contribution in [-0.4, -0.2) is 14.4 Å². The Balaban J connectivity index is 1.86. The van der Waals surface area contributed by atoms with Crippen molar-refractivity contribution in [3.05, 3.63) is 47.2 Å². The van der Waals surface area contributed by atoms with Crippen LogP contribution in [0.4, 0.5) is 5.82 Å². The normalized spacial score (nSPS) is 10.8. The molecule has 3 rings (SSSR count). The lowest BCUT2D eigenvalue weighted by Gasteiger charge is -2.07.